The Hall–Kier alpha value is -4.76. The molecule has 0 saturated carbocycles. The summed E-state index contributed by atoms with van der Waals surface area (Å²) in [5, 5.41) is 12.0. The topological polar surface area (TPSA) is 86.1 Å². The number of pyridine rings is 1. The van der Waals surface area contributed by atoms with Gasteiger partial charge in [0.25, 0.3) is 5.91 Å². The minimum Gasteiger partial charge on any atom is -0.352 e. The second-order valence-electron chi connectivity index (χ2n) is 8.55. The summed E-state index contributed by atoms with van der Waals surface area (Å²) in [5.74, 6) is -0.294. The maximum Gasteiger partial charge on any atom is 0.258 e. The molecule has 0 fully saturated rings. The number of rotatable bonds is 8. The van der Waals surface area contributed by atoms with E-state index in [4.69, 9.17) is 5.26 Å². The van der Waals surface area contributed by atoms with Crippen LogP contribution in [0.2, 0.25) is 0 Å². The number of carbonyl (C=O) groups excluding carboxylic acids is 2. The van der Waals surface area contributed by atoms with Crippen LogP contribution in [0.3, 0.4) is 0 Å². The average Bonchev–Trinajstić information content (AvgIpc) is 2.92. The predicted molar refractivity (Wildman–Crippen MR) is 139 cm³/mol. The minimum atomic E-state index is -0.182. The van der Waals surface area contributed by atoms with Crippen LogP contribution in [0, 0.1) is 18.3 Å². The van der Waals surface area contributed by atoms with Crippen LogP contribution in [0.4, 0.5) is 5.69 Å². The summed E-state index contributed by atoms with van der Waals surface area (Å²) in [5.41, 5.74) is 5.54. The van der Waals surface area contributed by atoms with Gasteiger partial charge in [-0.05, 0) is 66.1 Å². The number of carbonyl (C=O) groups is 2. The molecular weight excluding hydrogens is 448 g/mol. The van der Waals surface area contributed by atoms with Crippen molar-refractivity contribution in [2.24, 2.45) is 0 Å². The van der Waals surface area contributed by atoms with Gasteiger partial charge in [-0.25, -0.2) is 0 Å². The molecule has 2 amide bonds. The molecule has 1 aromatic heterocycles. The molecule has 0 spiro atoms. The molecular formula is C30H26N4O2. The molecule has 1 heterocycles. The van der Waals surface area contributed by atoms with Crippen LogP contribution < -0.4 is 10.2 Å². The van der Waals surface area contributed by atoms with Gasteiger partial charge in [0.05, 0.1) is 24.6 Å². The van der Waals surface area contributed by atoms with E-state index in [0.29, 0.717) is 29.9 Å². The van der Waals surface area contributed by atoms with Gasteiger partial charge in [-0.15, -0.1) is 0 Å². The molecule has 0 radical (unpaired) electrons. The van der Waals surface area contributed by atoms with Gasteiger partial charge in [0, 0.05) is 30.2 Å². The molecule has 6 heteroatoms. The first-order valence-electron chi connectivity index (χ1n) is 11.6. The average molecular weight is 475 g/mol. The van der Waals surface area contributed by atoms with Crippen molar-refractivity contribution in [3.63, 3.8) is 0 Å². The lowest BCUT2D eigenvalue weighted by Gasteiger charge is -2.24. The molecule has 4 rings (SSSR count). The molecule has 1 N–H and O–H groups in total. The number of anilines is 1. The van der Waals surface area contributed by atoms with Crippen molar-refractivity contribution in [2.45, 2.75) is 26.4 Å². The van der Waals surface area contributed by atoms with Gasteiger partial charge in [0.1, 0.15) is 0 Å². The van der Waals surface area contributed by atoms with Crippen LogP contribution in [-0.2, 0) is 24.3 Å². The molecule has 4 aromatic rings. The van der Waals surface area contributed by atoms with Crippen LogP contribution in [0.25, 0.3) is 0 Å². The lowest BCUT2D eigenvalue weighted by Crippen LogP contribution is -2.30. The van der Waals surface area contributed by atoms with Crippen LogP contribution >= 0.6 is 0 Å². The van der Waals surface area contributed by atoms with Gasteiger partial charge in [-0.3, -0.25) is 14.6 Å². The molecule has 0 saturated heterocycles. The number of amides is 2. The fourth-order valence-electron chi connectivity index (χ4n) is 3.79. The number of nitrogens with zero attached hydrogens (tertiary/aromatic N) is 3. The maximum absolute atomic E-state index is 13.6. The first kappa shape index (κ1) is 24.4. The standard InChI is InChI=1S/C30H26N4O2/c1-22-7-9-24(10-8-22)21-34(30(36)27-13-11-23(18-31)12-14-27)28-6-2-4-25(16-28)17-29(35)33-20-26-5-3-15-32-19-26/h2-16,19H,17,20-21H2,1H3,(H,33,35). The van der Waals surface area contributed by atoms with Gasteiger partial charge in [-0.2, -0.15) is 5.26 Å². The molecule has 3 aromatic carbocycles. The van der Waals surface area contributed by atoms with Crippen molar-refractivity contribution < 1.29 is 9.59 Å². The first-order valence-corrected chi connectivity index (χ1v) is 11.6. The molecule has 0 unspecified atom stereocenters. The van der Waals surface area contributed by atoms with Gasteiger partial charge < -0.3 is 10.2 Å². The van der Waals surface area contributed by atoms with E-state index >= 15 is 0 Å². The lowest BCUT2D eigenvalue weighted by molar-refractivity contribution is -0.120. The Labute approximate surface area is 210 Å². The largest absolute Gasteiger partial charge is 0.352 e. The number of aryl methyl sites for hydroxylation is 1. The summed E-state index contributed by atoms with van der Waals surface area (Å²) in [6.45, 7) is 2.80. The van der Waals surface area contributed by atoms with Crippen molar-refractivity contribution in [1.82, 2.24) is 10.3 Å². The molecule has 0 aliphatic carbocycles. The highest BCUT2D eigenvalue weighted by molar-refractivity contribution is 6.06. The SMILES string of the molecule is Cc1ccc(CN(C(=O)c2ccc(C#N)cc2)c2cccc(CC(=O)NCc3cccnc3)c2)cc1. The Morgan fingerprint density at radius 1 is 0.917 bits per heavy atom. The smallest absolute Gasteiger partial charge is 0.258 e. The molecule has 0 atom stereocenters. The Kier molecular flexibility index (Phi) is 7.84. The van der Waals surface area contributed by atoms with Gasteiger partial charge >= 0.3 is 0 Å². The molecule has 0 aliphatic heterocycles. The number of nitrogens with one attached hydrogen (secondary N) is 1. The first-order chi connectivity index (χ1) is 17.5. The number of hydrogen-bond acceptors (Lipinski definition) is 4. The summed E-state index contributed by atoms with van der Waals surface area (Å²) < 4.78 is 0. The number of nitriles is 1. The van der Waals surface area contributed by atoms with Crippen molar-refractivity contribution >= 4 is 17.5 Å². The monoisotopic (exact) mass is 474 g/mol. The van der Waals surface area contributed by atoms with Crippen molar-refractivity contribution in [1.29, 1.82) is 5.26 Å². The Morgan fingerprint density at radius 3 is 2.36 bits per heavy atom. The number of benzene rings is 3. The van der Waals surface area contributed by atoms with E-state index in [1.807, 2.05) is 67.6 Å². The van der Waals surface area contributed by atoms with E-state index in [1.165, 1.54) is 0 Å². The van der Waals surface area contributed by atoms with Crippen LogP contribution in [0.1, 0.15) is 38.2 Å². The highest BCUT2D eigenvalue weighted by atomic mass is 16.2. The van der Waals surface area contributed by atoms with E-state index in [-0.39, 0.29) is 18.2 Å². The van der Waals surface area contributed by atoms with Crippen LogP contribution in [0.5, 0.6) is 0 Å². The highest BCUT2D eigenvalue weighted by Gasteiger charge is 2.19. The van der Waals surface area contributed by atoms with Crippen LogP contribution in [-0.4, -0.2) is 16.8 Å². The second-order valence-corrected chi connectivity index (χ2v) is 8.55. The molecule has 178 valence electrons. The zero-order valence-electron chi connectivity index (χ0n) is 20.0. The zero-order valence-corrected chi connectivity index (χ0v) is 20.0. The molecule has 0 aliphatic rings. The highest BCUT2D eigenvalue weighted by Crippen LogP contribution is 2.23. The summed E-state index contributed by atoms with van der Waals surface area (Å²) >= 11 is 0. The van der Waals surface area contributed by atoms with E-state index in [0.717, 1.165) is 22.3 Å². The normalized spacial score (nSPS) is 10.3. The lowest BCUT2D eigenvalue weighted by atomic mass is 10.1. The summed E-state index contributed by atoms with van der Waals surface area (Å²) in [7, 11) is 0. The fraction of sp³-hybridized carbons (Fsp3) is 0.133. The van der Waals surface area contributed by atoms with E-state index in [1.54, 1.807) is 41.6 Å². The van der Waals surface area contributed by atoms with Gasteiger partial charge in [0.2, 0.25) is 5.91 Å². The summed E-state index contributed by atoms with van der Waals surface area (Å²) in [6.07, 6.45) is 3.61. The second kappa shape index (κ2) is 11.6. The Morgan fingerprint density at radius 2 is 1.67 bits per heavy atom. The van der Waals surface area contributed by atoms with Gasteiger partial charge in [-0.1, -0.05) is 48.0 Å². The minimum absolute atomic E-state index is 0.112. The van der Waals surface area contributed by atoms with Crippen molar-refractivity contribution in [3.05, 3.63) is 131 Å². The predicted octanol–water partition coefficient (Wildman–Crippen LogP) is 4.97. The molecule has 6 nitrogen and oxygen atoms in total. The zero-order chi connectivity index (χ0) is 25.3. The molecule has 0 bridgehead atoms. The van der Waals surface area contributed by atoms with E-state index in [9.17, 15) is 9.59 Å². The quantitative estimate of drug-likeness (QED) is 0.391. The number of hydrogen-bond donors (Lipinski definition) is 1. The third kappa shape index (κ3) is 6.43. The van der Waals surface area contributed by atoms with Crippen molar-refractivity contribution in [2.75, 3.05) is 4.90 Å². The Bertz CT molecular complexity index is 1380. The Balaban J connectivity index is 1.55. The third-order valence-electron chi connectivity index (χ3n) is 5.77. The summed E-state index contributed by atoms with van der Waals surface area (Å²) in [4.78, 5) is 31.9. The van der Waals surface area contributed by atoms with E-state index in [2.05, 4.69) is 16.4 Å². The van der Waals surface area contributed by atoms with Crippen molar-refractivity contribution in [3.8, 4) is 6.07 Å². The molecule has 36 heavy (non-hydrogen) atoms. The number of aromatic nitrogens is 1. The van der Waals surface area contributed by atoms with E-state index < -0.39 is 0 Å². The van der Waals surface area contributed by atoms with Gasteiger partial charge in [0.15, 0.2) is 0 Å². The fourth-order valence-corrected chi connectivity index (χ4v) is 3.79. The van der Waals surface area contributed by atoms with Crippen LogP contribution in [0.15, 0.2) is 97.3 Å². The maximum atomic E-state index is 13.6. The third-order valence-corrected chi connectivity index (χ3v) is 5.77. The summed E-state index contributed by atoms with van der Waals surface area (Å²) in [6, 6.07) is 27.9.